The average molecular weight is 413 g/mol. The first-order valence-electron chi connectivity index (χ1n) is 9.33. The van der Waals surface area contributed by atoms with Gasteiger partial charge in [-0.3, -0.25) is 9.36 Å². The second kappa shape index (κ2) is 8.48. The highest BCUT2D eigenvalue weighted by Crippen LogP contribution is 2.18. The number of amides is 1. The Balaban J connectivity index is 1.34. The van der Waals surface area contributed by atoms with E-state index in [-0.39, 0.29) is 12.5 Å². The molecule has 0 spiro atoms. The number of benzene rings is 1. The molecule has 0 aliphatic carbocycles. The smallest absolute Gasteiger partial charge is 0.260 e. The lowest BCUT2D eigenvalue weighted by molar-refractivity contribution is -0.133. The zero-order chi connectivity index (χ0) is 20.2. The lowest BCUT2D eigenvalue weighted by Gasteiger charge is -2.35. The average Bonchev–Trinajstić information content (AvgIpc) is 3.28. The van der Waals surface area contributed by atoms with Gasteiger partial charge >= 0.3 is 0 Å². The Hall–Kier alpha value is -3.13. The molecule has 0 radical (unpaired) electrons. The van der Waals surface area contributed by atoms with Crippen LogP contribution in [-0.2, 0) is 4.79 Å². The standard InChI is InChI=1S/C20H21ClN6O2/c1-15-23-18(12-19(24-15)27-7-6-22-14-27)25-8-10-26(11-9-25)20(28)13-29-17-4-2-16(21)3-5-17/h2-7,12,14H,8-11,13H2,1H3. The number of piperazine rings is 1. The van der Waals surface area contributed by atoms with Gasteiger partial charge in [-0.05, 0) is 31.2 Å². The topological polar surface area (TPSA) is 76.4 Å². The summed E-state index contributed by atoms with van der Waals surface area (Å²) in [6.45, 7) is 4.52. The van der Waals surface area contributed by atoms with Crippen molar-refractivity contribution in [3.05, 3.63) is 59.9 Å². The molecule has 0 atom stereocenters. The molecule has 4 rings (SSSR count). The fourth-order valence-corrected chi connectivity index (χ4v) is 3.30. The molecule has 3 heterocycles. The van der Waals surface area contributed by atoms with Crippen molar-refractivity contribution < 1.29 is 9.53 Å². The van der Waals surface area contributed by atoms with E-state index in [0.29, 0.717) is 42.8 Å². The molecule has 0 saturated carbocycles. The number of aromatic nitrogens is 4. The highest BCUT2D eigenvalue weighted by atomic mass is 35.5. The molecular formula is C20H21ClN6O2. The lowest BCUT2D eigenvalue weighted by atomic mass is 10.3. The molecule has 0 bridgehead atoms. The van der Waals surface area contributed by atoms with Crippen LogP contribution in [-0.4, -0.2) is 63.1 Å². The maximum atomic E-state index is 12.5. The van der Waals surface area contributed by atoms with Gasteiger partial charge < -0.3 is 14.5 Å². The monoisotopic (exact) mass is 412 g/mol. The summed E-state index contributed by atoms with van der Waals surface area (Å²) in [6.07, 6.45) is 5.28. The molecule has 1 aliphatic rings. The van der Waals surface area contributed by atoms with Crippen molar-refractivity contribution >= 4 is 23.3 Å². The van der Waals surface area contributed by atoms with E-state index in [0.717, 1.165) is 11.6 Å². The van der Waals surface area contributed by atoms with Crippen LogP contribution in [0, 0.1) is 6.92 Å². The molecule has 3 aromatic rings. The summed E-state index contributed by atoms with van der Waals surface area (Å²) in [4.78, 5) is 29.5. The minimum absolute atomic E-state index is 0.0129. The number of hydrogen-bond acceptors (Lipinski definition) is 6. The molecule has 9 heteroatoms. The first-order chi connectivity index (χ1) is 14.1. The number of ether oxygens (including phenoxy) is 1. The summed E-state index contributed by atoms with van der Waals surface area (Å²) in [6, 6.07) is 8.92. The minimum atomic E-state index is -0.0300. The van der Waals surface area contributed by atoms with Crippen LogP contribution in [0.2, 0.25) is 5.02 Å². The van der Waals surface area contributed by atoms with Crippen molar-refractivity contribution in [3.63, 3.8) is 0 Å². The Morgan fingerprint density at radius 1 is 1.10 bits per heavy atom. The first-order valence-corrected chi connectivity index (χ1v) is 9.71. The molecule has 150 valence electrons. The van der Waals surface area contributed by atoms with E-state index in [1.165, 1.54) is 0 Å². The van der Waals surface area contributed by atoms with Gasteiger partial charge in [0.05, 0.1) is 0 Å². The van der Waals surface area contributed by atoms with E-state index in [1.54, 1.807) is 36.8 Å². The molecule has 1 fully saturated rings. The van der Waals surface area contributed by atoms with Crippen molar-refractivity contribution in [2.24, 2.45) is 0 Å². The lowest BCUT2D eigenvalue weighted by Crippen LogP contribution is -2.50. The van der Waals surface area contributed by atoms with Crippen LogP contribution in [0.25, 0.3) is 5.82 Å². The molecule has 1 amide bonds. The van der Waals surface area contributed by atoms with Crippen molar-refractivity contribution in [2.45, 2.75) is 6.92 Å². The Morgan fingerprint density at radius 2 is 1.83 bits per heavy atom. The molecule has 1 aliphatic heterocycles. The second-order valence-electron chi connectivity index (χ2n) is 6.71. The molecule has 1 saturated heterocycles. The van der Waals surface area contributed by atoms with Crippen LogP contribution < -0.4 is 9.64 Å². The normalized spacial score (nSPS) is 14.1. The van der Waals surface area contributed by atoms with E-state index in [1.807, 2.05) is 28.7 Å². The predicted octanol–water partition coefficient (Wildman–Crippen LogP) is 2.35. The zero-order valence-corrected chi connectivity index (χ0v) is 16.8. The van der Waals surface area contributed by atoms with Crippen LogP contribution >= 0.6 is 11.6 Å². The van der Waals surface area contributed by atoms with Crippen molar-refractivity contribution in [2.75, 3.05) is 37.7 Å². The molecule has 0 N–H and O–H groups in total. The van der Waals surface area contributed by atoms with Crippen LogP contribution in [0.1, 0.15) is 5.82 Å². The SMILES string of the molecule is Cc1nc(N2CCN(C(=O)COc3ccc(Cl)cc3)CC2)cc(-n2ccnc2)n1. The first kappa shape index (κ1) is 19.2. The van der Waals surface area contributed by atoms with Gasteiger partial charge in [0.25, 0.3) is 5.91 Å². The third kappa shape index (κ3) is 4.65. The third-order valence-corrected chi connectivity index (χ3v) is 4.96. The van der Waals surface area contributed by atoms with Crippen molar-refractivity contribution in [1.29, 1.82) is 0 Å². The number of carbonyl (C=O) groups is 1. The number of rotatable bonds is 5. The van der Waals surface area contributed by atoms with Crippen LogP contribution in [0.4, 0.5) is 5.82 Å². The predicted molar refractivity (Wildman–Crippen MR) is 110 cm³/mol. The van der Waals surface area contributed by atoms with Crippen molar-refractivity contribution in [3.8, 4) is 11.6 Å². The quantitative estimate of drug-likeness (QED) is 0.640. The van der Waals surface area contributed by atoms with Gasteiger partial charge in [-0.1, -0.05) is 11.6 Å². The molecule has 0 unspecified atom stereocenters. The zero-order valence-electron chi connectivity index (χ0n) is 16.0. The Kier molecular flexibility index (Phi) is 5.62. The number of hydrogen-bond donors (Lipinski definition) is 0. The van der Waals surface area contributed by atoms with Crippen LogP contribution in [0.3, 0.4) is 0 Å². The van der Waals surface area contributed by atoms with Gasteiger partial charge in [0, 0.05) is 49.7 Å². The molecular weight excluding hydrogens is 392 g/mol. The van der Waals surface area contributed by atoms with Crippen molar-refractivity contribution in [1.82, 2.24) is 24.4 Å². The molecule has 2 aromatic heterocycles. The Bertz CT molecular complexity index is 969. The maximum absolute atomic E-state index is 12.5. The van der Waals surface area contributed by atoms with E-state index < -0.39 is 0 Å². The van der Waals surface area contributed by atoms with Gasteiger partial charge in [-0.25, -0.2) is 15.0 Å². The number of nitrogens with zero attached hydrogens (tertiary/aromatic N) is 6. The van der Waals surface area contributed by atoms with E-state index >= 15 is 0 Å². The number of carbonyl (C=O) groups excluding carboxylic acids is 1. The van der Waals surface area contributed by atoms with Gasteiger partial charge in [-0.15, -0.1) is 0 Å². The Morgan fingerprint density at radius 3 is 2.52 bits per heavy atom. The summed E-state index contributed by atoms with van der Waals surface area (Å²) < 4.78 is 7.42. The van der Waals surface area contributed by atoms with E-state index in [9.17, 15) is 4.79 Å². The number of imidazole rings is 1. The number of halogens is 1. The summed E-state index contributed by atoms with van der Waals surface area (Å²) in [5, 5.41) is 0.635. The highest BCUT2D eigenvalue weighted by Gasteiger charge is 2.23. The summed E-state index contributed by atoms with van der Waals surface area (Å²) in [5.74, 6) is 2.93. The summed E-state index contributed by atoms with van der Waals surface area (Å²) in [7, 11) is 0. The number of anilines is 1. The molecule has 29 heavy (non-hydrogen) atoms. The fourth-order valence-electron chi connectivity index (χ4n) is 3.18. The summed E-state index contributed by atoms with van der Waals surface area (Å²) >= 11 is 5.86. The third-order valence-electron chi connectivity index (χ3n) is 4.71. The Labute approximate surface area is 173 Å². The summed E-state index contributed by atoms with van der Waals surface area (Å²) in [5.41, 5.74) is 0. The minimum Gasteiger partial charge on any atom is -0.484 e. The fraction of sp³-hybridized carbons (Fsp3) is 0.300. The van der Waals surface area contributed by atoms with Gasteiger partial charge in [-0.2, -0.15) is 0 Å². The maximum Gasteiger partial charge on any atom is 0.260 e. The van der Waals surface area contributed by atoms with Gasteiger partial charge in [0.2, 0.25) is 0 Å². The van der Waals surface area contributed by atoms with Crippen LogP contribution in [0.5, 0.6) is 5.75 Å². The van der Waals surface area contributed by atoms with E-state index in [4.69, 9.17) is 16.3 Å². The second-order valence-corrected chi connectivity index (χ2v) is 7.15. The molecule has 1 aromatic carbocycles. The highest BCUT2D eigenvalue weighted by molar-refractivity contribution is 6.30. The largest absolute Gasteiger partial charge is 0.484 e. The van der Waals surface area contributed by atoms with Gasteiger partial charge in [0.1, 0.15) is 29.5 Å². The van der Waals surface area contributed by atoms with E-state index in [2.05, 4.69) is 19.9 Å². The van der Waals surface area contributed by atoms with Gasteiger partial charge in [0.15, 0.2) is 6.61 Å². The molecule has 8 nitrogen and oxygen atoms in total. The van der Waals surface area contributed by atoms with Crippen LogP contribution in [0.15, 0.2) is 49.1 Å². The number of aryl methyl sites for hydroxylation is 1.